The van der Waals surface area contributed by atoms with E-state index in [2.05, 4.69) is 24.1 Å². The fourth-order valence-electron chi connectivity index (χ4n) is 2.27. The highest BCUT2D eigenvalue weighted by molar-refractivity contribution is 8.14. The van der Waals surface area contributed by atoms with Crippen molar-refractivity contribution in [3.8, 4) is 0 Å². The van der Waals surface area contributed by atoms with E-state index in [-0.39, 0.29) is 16.2 Å². The zero-order valence-electron chi connectivity index (χ0n) is 21.5. The lowest BCUT2D eigenvalue weighted by Crippen LogP contribution is -2.03. The highest BCUT2D eigenvalue weighted by Crippen LogP contribution is 2.31. The Bertz CT molecular complexity index is 908. The third-order valence-corrected chi connectivity index (χ3v) is 4.67. The molecular weight excluding hydrogens is 474 g/mol. The van der Waals surface area contributed by atoms with Crippen molar-refractivity contribution in [2.45, 2.75) is 59.3 Å². The van der Waals surface area contributed by atoms with Gasteiger partial charge in [0.15, 0.2) is 5.78 Å². The van der Waals surface area contributed by atoms with Crippen LogP contribution in [0, 0.1) is 18.6 Å². The highest BCUT2D eigenvalue weighted by atomic mass is 32.2. The molecular formula is C26H36F2N2O4S. The molecule has 35 heavy (non-hydrogen) atoms. The second-order valence-corrected chi connectivity index (χ2v) is 7.30. The minimum Gasteiger partial charge on any atom is -0.400 e. The van der Waals surface area contributed by atoms with Gasteiger partial charge in [-0.25, -0.2) is 8.78 Å². The normalized spacial score (nSPS) is 10.5. The summed E-state index contributed by atoms with van der Waals surface area (Å²) in [5.74, 6) is -1.92. The number of hydrogen-bond donors (Lipinski definition) is 1. The lowest BCUT2D eigenvalue weighted by molar-refractivity contribution is -0.0987. The van der Waals surface area contributed by atoms with Gasteiger partial charge in [-0.1, -0.05) is 75.7 Å². The van der Waals surface area contributed by atoms with Crippen molar-refractivity contribution in [3.63, 3.8) is 0 Å². The lowest BCUT2D eigenvalue weighted by atomic mass is 10.1. The number of carbonyl (C=O) groups excluding carboxylic acids is 3. The Morgan fingerprint density at radius 3 is 1.80 bits per heavy atom. The van der Waals surface area contributed by atoms with Crippen LogP contribution in [0.5, 0.6) is 0 Å². The first kappa shape index (κ1) is 36.5. The number of ketones is 1. The van der Waals surface area contributed by atoms with Crippen LogP contribution in [0.2, 0.25) is 0 Å². The van der Waals surface area contributed by atoms with Crippen LogP contribution < -0.4 is 0 Å². The Hall–Kier alpha value is -3.04. The van der Waals surface area contributed by atoms with Gasteiger partial charge < -0.3 is 14.7 Å². The van der Waals surface area contributed by atoms with Gasteiger partial charge in [0.1, 0.15) is 30.3 Å². The Labute approximate surface area is 211 Å². The molecule has 0 spiro atoms. The standard InChI is InChI=1S/C18H14F2N2OS.C3H8.C2H6.CH4O.2CH2O/c1-10-3-5-12(6-4-10)16-9-17(22-21-16)24-18-14(19)7-13(11(2)23)8-15(18)20;1-3-2;4*1-2/h3-8H,9H2,1-2H3;3H2,1-2H3;1-2H3;2H,1H3;2*1H2. The van der Waals surface area contributed by atoms with Gasteiger partial charge in [0, 0.05) is 19.1 Å². The van der Waals surface area contributed by atoms with E-state index in [0.29, 0.717) is 11.5 Å². The maximum absolute atomic E-state index is 14.1. The summed E-state index contributed by atoms with van der Waals surface area (Å²) in [4.78, 5) is 27.1. The van der Waals surface area contributed by atoms with Gasteiger partial charge in [-0.15, -0.1) is 5.10 Å². The number of thioether (sulfide) groups is 1. The highest BCUT2D eigenvalue weighted by Gasteiger charge is 2.20. The number of carbonyl (C=O) groups is 3. The van der Waals surface area contributed by atoms with Crippen molar-refractivity contribution in [3.05, 3.63) is 64.7 Å². The van der Waals surface area contributed by atoms with Crippen LogP contribution in [-0.2, 0) is 9.59 Å². The Morgan fingerprint density at radius 1 is 0.971 bits per heavy atom. The summed E-state index contributed by atoms with van der Waals surface area (Å²) in [5, 5.41) is 15.6. The van der Waals surface area contributed by atoms with Crippen LogP contribution in [-0.4, -0.2) is 42.3 Å². The van der Waals surface area contributed by atoms with Gasteiger partial charge in [-0.05, 0) is 31.5 Å². The molecule has 1 heterocycles. The molecule has 194 valence electrons. The van der Waals surface area contributed by atoms with Gasteiger partial charge in [0.25, 0.3) is 0 Å². The predicted molar refractivity (Wildman–Crippen MR) is 142 cm³/mol. The van der Waals surface area contributed by atoms with Gasteiger partial charge >= 0.3 is 0 Å². The van der Waals surface area contributed by atoms with Crippen molar-refractivity contribution < 1.29 is 28.3 Å². The Kier molecular flexibility index (Phi) is 23.7. The zero-order valence-corrected chi connectivity index (χ0v) is 22.3. The molecule has 2 aromatic rings. The van der Waals surface area contributed by atoms with Crippen molar-refractivity contribution in [1.29, 1.82) is 0 Å². The third-order valence-electron chi connectivity index (χ3n) is 3.61. The summed E-state index contributed by atoms with van der Waals surface area (Å²) < 4.78 is 28.2. The number of aliphatic hydroxyl groups is 1. The molecule has 0 fully saturated rings. The quantitative estimate of drug-likeness (QED) is 0.478. The van der Waals surface area contributed by atoms with E-state index in [0.717, 1.165) is 47.8 Å². The fourth-order valence-corrected chi connectivity index (χ4v) is 3.11. The molecule has 1 aliphatic heterocycles. The maximum Gasteiger partial charge on any atom is 0.160 e. The molecule has 0 bridgehead atoms. The monoisotopic (exact) mass is 510 g/mol. The molecule has 0 saturated carbocycles. The number of hydrogen-bond acceptors (Lipinski definition) is 7. The maximum atomic E-state index is 14.1. The van der Waals surface area contributed by atoms with E-state index in [4.69, 9.17) is 14.7 Å². The number of Topliss-reactive ketones (excluding diaryl/α,β-unsaturated/α-hetero) is 1. The molecule has 0 radical (unpaired) electrons. The number of rotatable bonds is 3. The van der Waals surface area contributed by atoms with Crippen LogP contribution in [0.4, 0.5) is 8.78 Å². The number of halogens is 2. The molecule has 2 aromatic carbocycles. The van der Waals surface area contributed by atoms with Crippen LogP contribution in [0.15, 0.2) is 51.5 Å². The minimum atomic E-state index is -0.767. The molecule has 1 aliphatic rings. The third kappa shape index (κ3) is 13.4. The van der Waals surface area contributed by atoms with Crippen LogP contribution in [0.3, 0.4) is 0 Å². The molecule has 0 aromatic heterocycles. The summed E-state index contributed by atoms with van der Waals surface area (Å²) in [6.45, 7) is 15.5. The van der Waals surface area contributed by atoms with Crippen molar-refractivity contribution in [2.24, 2.45) is 10.2 Å². The summed E-state index contributed by atoms with van der Waals surface area (Å²) in [7, 11) is 1.00. The van der Waals surface area contributed by atoms with Crippen molar-refractivity contribution >= 4 is 41.9 Å². The molecule has 0 amide bonds. The average Bonchev–Trinajstić information content (AvgIpc) is 3.36. The van der Waals surface area contributed by atoms with E-state index in [1.165, 1.54) is 13.3 Å². The Morgan fingerprint density at radius 2 is 1.40 bits per heavy atom. The number of nitrogens with zero attached hydrogens (tertiary/aromatic N) is 2. The van der Waals surface area contributed by atoms with Crippen molar-refractivity contribution in [2.75, 3.05) is 7.11 Å². The lowest BCUT2D eigenvalue weighted by Gasteiger charge is -2.06. The van der Waals surface area contributed by atoms with E-state index < -0.39 is 11.6 Å². The van der Waals surface area contributed by atoms with E-state index in [1.807, 2.05) is 58.6 Å². The van der Waals surface area contributed by atoms with E-state index >= 15 is 0 Å². The molecule has 9 heteroatoms. The molecule has 0 aliphatic carbocycles. The molecule has 6 nitrogen and oxygen atoms in total. The second kappa shape index (κ2) is 22.7. The van der Waals surface area contributed by atoms with Crippen molar-refractivity contribution in [1.82, 2.24) is 0 Å². The topological polar surface area (TPSA) is 96.2 Å². The van der Waals surface area contributed by atoms with E-state index in [1.54, 1.807) is 0 Å². The van der Waals surface area contributed by atoms with Crippen LogP contribution in [0.1, 0.15) is 68.9 Å². The predicted octanol–water partition coefficient (Wildman–Crippen LogP) is 6.46. The summed E-state index contributed by atoms with van der Waals surface area (Å²) in [6, 6.07) is 9.93. The summed E-state index contributed by atoms with van der Waals surface area (Å²) in [5.41, 5.74) is 2.85. The summed E-state index contributed by atoms with van der Waals surface area (Å²) >= 11 is 0.901. The molecule has 1 N–H and O–H groups in total. The second-order valence-electron chi connectivity index (χ2n) is 6.22. The smallest absolute Gasteiger partial charge is 0.160 e. The largest absolute Gasteiger partial charge is 0.400 e. The minimum absolute atomic E-state index is 0.0132. The van der Waals surface area contributed by atoms with Gasteiger partial charge in [-0.3, -0.25) is 4.79 Å². The fraction of sp³-hybridized carbons (Fsp3) is 0.346. The average molecular weight is 511 g/mol. The van der Waals surface area contributed by atoms with Gasteiger partial charge in [0.05, 0.1) is 10.6 Å². The first-order valence-corrected chi connectivity index (χ1v) is 11.6. The number of aryl methyl sites for hydroxylation is 1. The first-order valence-electron chi connectivity index (χ1n) is 10.8. The Balaban J connectivity index is -0.000000815. The number of aliphatic hydroxyl groups excluding tert-OH is 1. The SMILES string of the molecule is C=O.C=O.CC.CC(=O)c1cc(F)c(SC2=NN=C(c3ccc(C)cc3)C2)c(F)c1.CCC.CO. The first-order chi connectivity index (χ1) is 16.8. The van der Waals surface area contributed by atoms with Gasteiger partial charge in [-0.2, -0.15) is 5.10 Å². The zero-order chi connectivity index (χ0) is 28.0. The molecule has 0 saturated heterocycles. The molecule has 0 atom stereocenters. The van der Waals surface area contributed by atoms with E-state index in [9.17, 15) is 13.6 Å². The van der Waals surface area contributed by atoms with Crippen LogP contribution >= 0.6 is 11.8 Å². The number of benzene rings is 2. The molecule has 0 unspecified atom stereocenters. The van der Waals surface area contributed by atoms with Gasteiger partial charge in [0.2, 0.25) is 0 Å². The molecule has 3 rings (SSSR count). The van der Waals surface area contributed by atoms with Crippen LogP contribution in [0.25, 0.3) is 0 Å². The summed E-state index contributed by atoms with van der Waals surface area (Å²) in [6.07, 6.45) is 1.67.